The second kappa shape index (κ2) is 5.58. The molecule has 0 aliphatic carbocycles. The van der Waals surface area contributed by atoms with Crippen molar-refractivity contribution in [2.24, 2.45) is 0 Å². The predicted molar refractivity (Wildman–Crippen MR) is 76.8 cm³/mol. The lowest BCUT2D eigenvalue weighted by Crippen LogP contribution is -2.45. The van der Waals surface area contributed by atoms with Crippen LogP contribution in [0.3, 0.4) is 0 Å². The molecule has 1 fully saturated rings. The van der Waals surface area contributed by atoms with E-state index in [-0.39, 0.29) is 17.7 Å². The monoisotopic (exact) mass is 280 g/mol. The van der Waals surface area contributed by atoms with Crippen molar-refractivity contribution >= 4 is 17.5 Å². The number of hydrogen-bond acceptors (Lipinski definition) is 7. The van der Waals surface area contributed by atoms with Crippen LogP contribution in [0.4, 0.5) is 17.5 Å². The van der Waals surface area contributed by atoms with Gasteiger partial charge < -0.3 is 15.5 Å². The Balaban J connectivity index is 2.37. The van der Waals surface area contributed by atoms with Gasteiger partial charge in [-0.25, -0.2) is 4.98 Å². The van der Waals surface area contributed by atoms with Crippen molar-refractivity contribution in [1.82, 2.24) is 14.9 Å². The zero-order valence-electron chi connectivity index (χ0n) is 12.0. The number of nitrogens with two attached hydrogens (primary N) is 1. The van der Waals surface area contributed by atoms with Gasteiger partial charge in [0.2, 0.25) is 11.8 Å². The summed E-state index contributed by atoms with van der Waals surface area (Å²) in [6.45, 7) is 3.49. The third-order valence-corrected chi connectivity index (χ3v) is 3.72. The van der Waals surface area contributed by atoms with Crippen LogP contribution in [-0.2, 0) is 0 Å². The van der Waals surface area contributed by atoms with E-state index in [0.717, 1.165) is 25.9 Å². The molecular weight excluding hydrogens is 260 g/mol. The van der Waals surface area contributed by atoms with Crippen LogP contribution in [0.1, 0.15) is 18.5 Å². The SMILES string of the molecule is Cc1nc(N)nc(N(C)C2CCCN(C)C2)c1[N+](=O)[O-]. The summed E-state index contributed by atoms with van der Waals surface area (Å²) in [7, 11) is 3.88. The van der Waals surface area contributed by atoms with E-state index < -0.39 is 4.92 Å². The van der Waals surface area contributed by atoms with Crippen LogP contribution < -0.4 is 10.6 Å². The topological polar surface area (TPSA) is 101 Å². The Morgan fingerprint density at radius 2 is 2.20 bits per heavy atom. The first-order chi connectivity index (χ1) is 9.40. The molecule has 0 radical (unpaired) electrons. The van der Waals surface area contributed by atoms with Gasteiger partial charge in [-0.05, 0) is 33.4 Å². The van der Waals surface area contributed by atoms with Crippen molar-refractivity contribution in [3.8, 4) is 0 Å². The van der Waals surface area contributed by atoms with Crippen LogP contribution in [-0.4, -0.2) is 53.0 Å². The molecule has 1 aromatic rings. The number of rotatable bonds is 3. The number of piperidine rings is 1. The van der Waals surface area contributed by atoms with Crippen LogP contribution in [0.5, 0.6) is 0 Å². The minimum absolute atomic E-state index is 0.0603. The average molecular weight is 280 g/mol. The normalized spacial score (nSPS) is 19.9. The Morgan fingerprint density at radius 1 is 1.50 bits per heavy atom. The third kappa shape index (κ3) is 2.79. The van der Waals surface area contributed by atoms with Crippen molar-refractivity contribution in [3.05, 3.63) is 15.8 Å². The van der Waals surface area contributed by atoms with Crippen LogP contribution in [0.15, 0.2) is 0 Å². The van der Waals surface area contributed by atoms with E-state index in [2.05, 4.69) is 14.9 Å². The van der Waals surface area contributed by atoms with Crippen molar-refractivity contribution in [1.29, 1.82) is 0 Å². The molecule has 0 saturated carbocycles. The molecule has 1 saturated heterocycles. The van der Waals surface area contributed by atoms with Gasteiger partial charge in [-0.1, -0.05) is 0 Å². The van der Waals surface area contributed by atoms with Gasteiger partial charge >= 0.3 is 5.69 Å². The van der Waals surface area contributed by atoms with E-state index in [9.17, 15) is 10.1 Å². The summed E-state index contributed by atoms with van der Waals surface area (Å²) in [6, 6.07) is 0.196. The number of hydrogen-bond donors (Lipinski definition) is 1. The Kier molecular flexibility index (Phi) is 4.03. The molecule has 2 heterocycles. The number of aryl methyl sites for hydroxylation is 1. The zero-order chi connectivity index (χ0) is 14.9. The summed E-state index contributed by atoms with van der Waals surface area (Å²) in [4.78, 5) is 22.9. The lowest BCUT2D eigenvalue weighted by atomic mass is 10.0. The molecule has 1 aliphatic rings. The Bertz CT molecular complexity index is 521. The van der Waals surface area contributed by atoms with E-state index in [1.54, 1.807) is 6.92 Å². The second-order valence-electron chi connectivity index (χ2n) is 5.27. The maximum Gasteiger partial charge on any atom is 0.332 e. The fourth-order valence-electron chi connectivity index (χ4n) is 2.66. The highest BCUT2D eigenvalue weighted by Crippen LogP contribution is 2.31. The predicted octanol–water partition coefficient (Wildman–Crippen LogP) is 0.806. The quantitative estimate of drug-likeness (QED) is 0.645. The van der Waals surface area contributed by atoms with Gasteiger partial charge in [0.05, 0.1) is 4.92 Å². The van der Waals surface area contributed by atoms with E-state index in [0.29, 0.717) is 11.5 Å². The molecule has 0 amide bonds. The van der Waals surface area contributed by atoms with E-state index in [1.165, 1.54) is 0 Å². The summed E-state index contributed by atoms with van der Waals surface area (Å²) in [6.07, 6.45) is 2.06. The standard InChI is InChI=1S/C12H20N6O2/c1-8-10(18(19)20)11(15-12(13)14-8)17(3)9-5-4-6-16(2)7-9/h9H,4-7H2,1-3H3,(H2,13,14,15). The minimum atomic E-state index is -0.437. The molecule has 0 aromatic carbocycles. The molecule has 20 heavy (non-hydrogen) atoms. The first-order valence-electron chi connectivity index (χ1n) is 6.60. The number of nitro groups is 1. The maximum atomic E-state index is 11.3. The van der Waals surface area contributed by atoms with E-state index in [1.807, 2.05) is 19.0 Å². The molecule has 1 aliphatic heterocycles. The van der Waals surface area contributed by atoms with Gasteiger partial charge in [-0.15, -0.1) is 0 Å². The summed E-state index contributed by atoms with van der Waals surface area (Å²) in [5.74, 6) is 0.374. The number of anilines is 2. The Hall–Kier alpha value is -1.96. The molecule has 8 nitrogen and oxygen atoms in total. The summed E-state index contributed by atoms with van der Waals surface area (Å²) < 4.78 is 0. The van der Waals surface area contributed by atoms with Crippen molar-refractivity contribution in [2.45, 2.75) is 25.8 Å². The lowest BCUT2D eigenvalue weighted by molar-refractivity contribution is -0.385. The highest BCUT2D eigenvalue weighted by Gasteiger charge is 2.29. The molecule has 1 atom stereocenters. The first kappa shape index (κ1) is 14.4. The summed E-state index contributed by atoms with van der Waals surface area (Å²) in [5.41, 5.74) is 5.88. The summed E-state index contributed by atoms with van der Waals surface area (Å²) in [5, 5.41) is 11.3. The molecule has 0 bridgehead atoms. The largest absolute Gasteiger partial charge is 0.368 e. The van der Waals surface area contributed by atoms with Crippen LogP contribution >= 0.6 is 0 Å². The Morgan fingerprint density at radius 3 is 2.80 bits per heavy atom. The molecule has 2 N–H and O–H groups in total. The second-order valence-corrected chi connectivity index (χ2v) is 5.27. The molecule has 1 aromatic heterocycles. The highest BCUT2D eigenvalue weighted by atomic mass is 16.6. The van der Waals surface area contributed by atoms with Crippen molar-refractivity contribution in [2.75, 3.05) is 37.8 Å². The Labute approximate surface area is 117 Å². The number of aromatic nitrogens is 2. The molecule has 110 valence electrons. The number of likely N-dealkylation sites (tertiary alicyclic amines) is 1. The van der Waals surface area contributed by atoms with Gasteiger partial charge in [0.15, 0.2) is 0 Å². The maximum absolute atomic E-state index is 11.3. The molecule has 2 rings (SSSR count). The van der Waals surface area contributed by atoms with Crippen LogP contribution in [0, 0.1) is 17.0 Å². The van der Waals surface area contributed by atoms with Gasteiger partial charge in [0.25, 0.3) is 0 Å². The van der Waals surface area contributed by atoms with Gasteiger partial charge in [0, 0.05) is 19.6 Å². The lowest BCUT2D eigenvalue weighted by Gasteiger charge is -2.36. The van der Waals surface area contributed by atoms with Gasteiger partial charge in [-0.3, -0.25) is 10.1 Å². The number of nitrogen functional groups attached to an aromatic ring is 1. The first-order valence-corrected chi connectivity index (χ1v) is 6.60. The molecule has 1 unspecified atom stereocenters. The average Bonchev–Trinajstić information content (AvgIpc) is 2.36. The number of likely N-dealkylation sites (N-methyl/N-ethyl adjacent to an activating group) is 2. The summed E-state index contributed by atoms with van der Waals surface area (Å²) >= 11 is 0. The molecular formula is C12H20N6O2. The van der Waals surface area contributed by atoms with Crippen LogP contribution in [0.2, 0.25) is 0 Å². The molecule has 0 spiro atoms. The van der Waals surface area contributed by atoms with Crippen LogP contribution in [0.25, 0.3) is 0 Å². The fraction of sp³-hybridized carbons (Fsp3) is 0.667. The number of nitrogens with zero attached hydrogens (tertiary/aromatic N) is 5. The minimum Gasteiger partial charge on any atom is -0.368 e. The van der Waals surface area contributed by atoms with Gasteiger partial charge in [-0.2, -0.15) is 4.98 Å². The van der Waals surface area contributed by atoms with E-state index >= 15 is 0 Å². The fourth-order valence-corrected chi connectivity index (χ4v) is 2.66. The van der Waals surface area contributed by atoms with Crippen molar-refractivity contribution in [3.63, 3.8) is 0 Å². The zero-order valence-corrected chi connectivity index (χ0v) is 12.0. The third-order valence-electron chi connectivity index (χ3n) is 3.72. The molecule has 8 heteroatoms. The van der Waals surface area contributed by atoms with Crippen molar-refractivity contribution < 1.29 is 4.92 Å². The van der Waals surface area contributed by atoms with E-state index in [4.69, 9.17) is 5.73 Å². The smallest absolute Gasteiger partial charge is 0.332 e. The highest BCUT2D eigenvalue weighted by molar-refractivity contribution is 5.62. The van der Waals surface area contributed by atoms with Gasteiger partial charge in [0.1, 0.15) is 5.69 Å².